The van der Waals surface area contributed by atoms with E-state index in [1.54, 1.807) is 30.3 Å². The summed E-state index contributed by atoms with van der Waals surface area (Å²) in [5.74, 6) is 0.163. The Labute approximate surface area is 113 Å². The average Bonchev–Trinajstić information content (AvgIpc) is 2.37. The largest absolute Gasteiger partial charge is 0.487 e. The second-order valence-corrected chi connectivity index (χ2v) is 4.55. The highest BCUT2D eigenvalue weighted by Gasteiger charge is 2.07. The number of hydrogen-bond acceptors (Lipinski definition) is 2. The molecular weight excluding hydrogens is 299 g/mol. The Hall–Kier alpha value is -1.68. The molecule has 0 saturated heterocycles. The molecule has 2 aromatic carbocycles. The fourth-order valence-electron chi connectivity index (χ4n) is 1.55. The molecule has 4 heteroatoms. The maximum absolute atomic E-state index is 13.0. The van der Waals surface area contributed by atoms with Crippen LogP contribution in [-0.4, -0.2) is 6.29 Å². The molecule has 0 bridgehead atoms. The number of benzene rings is 2. The van der Waals surface area contributed by atoms with Gasteiger partial charge in [0.25, 0.3) is 0 Å². The highest BCUT2D eigenvalue weighted by Crippen LogP contribution is 2.28. The van der Waals surface area contributed by atoms with Gasteiger partial charge in [0.05, 0.1) is 10.0 Å². The summed E-state index contributed by atoms with van der Waals surface area (Å²) in [6.45, 7) is 0.210. The SMILES string of the molecule is O=Cc1cccc(Br)c1OCc1cccc(F)c1. The van der Waals surface area contributed by atoms with Gasteiger partial charge >= 0.3 is 0 Å². The van der Waals surface area contributed by atoms with Crippen LogP contribution in [0.4, 0.5) is 4.39 Å². The Bertz CT molecular complexity index is 569. The van der Waals surface area contributed by atoms with Crippen LogP contribution in [0.25, 0.3) is 0 Å². The van der Waals surface area contributed by atoms with E-state index in [1.807, 2.05) is 0 Å². The summed E-state index contributed by atoms with van der Waals surface area (Å²) in [6.07, 6.45) is 0.728. The van der Waals surface area contributed by atoms with E-state index in [0.29, 0.717) is 21.3 Å². The van der Waals surface area contributed by atoms with Gasteiger partial charge in [0.15, 0.2) is 6.29 Å². The number of rotatable bonds is 4. The normalized spacial score (nSPS) is 10.1. The Balaban J connectivity index is 2.18. The van der Waals surface area contributed by atoms with E-state index in [1.165, 1.54) is 12.1 Å². The lowest BCUT2D eigenvalue weighted by Gasteiger charge is -2.10. The molecular formula is C14H10BrFO2. The maximum Gasteiger partial charge on any atom is 0.153 e. The smallest absolute Gasteiger partial charge is 0.153 e. The first-order valence-corrected chi connectivity index (χ1v) is 6.11. The van der Waals surface area contributed by atoms with Gasteiger partial charge in [-0.15, -0.1) is 0 Å². The van der Waals surface area contributed by atoms with Gasteiger partial charge in [0.1, 0.15) is 18.2 Å². The monoisotopic (exact) mass is 308 g/mol. The molecule has 2 nitrogen and oxygen atoms in total. The van der Waals surface area contributed by atoms with Gasteiger partial charge < -0.3 is 4.74 Å². The van der Waals surface area contributed by atoms with E-state index in [4.69, 9.17) is 4.74 Å². The zero-order valence-electron chi connectivity index (χ0n) is 9.40. The van der Waals surface area contributed by atoms with Crippen molar-refractivity contribution in [3.8, 4) is 5.75 Å². The van der Waals surface area contributed by atoms with Crippen molar-refractivity contribution < 1.29 is 13.9 Å². The zero-order valence-corrected chi connectivity index (χ0v) is 11.0. The van der Waals surface area contributed by atoms with E-state index in [-0.39, 0.29) is 12.4 Å². The van der Waals surface area contributed by atoms with Crippen LogP contribution in [-0.2, 0) is 6.61 Å². The van der Waals surface area contributed by atoms with Crippen LogP contribution in [0.3, 0.4) is 0 Å². The quantitative estimate of drug-likeness (QED) is 0.799. The predicted octanol–water partition coefficient (Wildman–Crippen LogP) is 3.98. The summed E-state index contributed by atoms with van der Waals surface area (Å²) in [5.41, 5.74) is 1.17. The summed E-state index contributed by atoms with van der Waals surface area (Å²) < 4.78 is 19.2. The van der Waals surface area contributed by atoms with Crippen LogP contribution in [0.1, 0.15) is 15.9 Å². The molecule has 0 amide bonds. The third-order valence-electron chi connectivity index (χ3n) is 2.40. The van der Waals surface area contributed by atoms with Crippen LogP contribution < -0.4 is 4.74 Å². The van der Waals surface area contributed by atoms with Crippen LogP contribution in [0, 0.1) is 5.82 Å². The van der Waals surface area contributed by atoms with Gasteiger partial charge in [-0.05, 0) is 45.8 Å². The van der Waals surface area contributed by atoms with Gasteiger partial charge in [-0.25, -0.2) is 4.39 Å². The van der Waals surface area contributed by atoms with Crippen LogP contribution in [0.5, 0.6) is 5.75 Å². The van der Waals surface area contributed by atoms with E-state index < -0.39 is 0 Å². The minimum absolute atomic E-state index is 0.210. The van der Waals surface area contributed by atoms with Crippen molar-refractivity contribution in [3.63, 3.8) is 0 Å². The lowest BCUT2D eigenvalue weighted by molar-refractivity contribution is 0.111. The molecule has 0 aliphatic heterocycles. The summed E-state index contributed by atoms with van der Waals surface area (Å²) in [5, 5.41) is 0. The standard InChI is InChI=1S/C14H10BrFO2/c15-13-6-2-4-11(8-17)14(13)18-9-10-3-1-5-12(16)7-10/h1-8H,9H2. The Kier molecular flexibility index (Phi) is 4.10. The first kappa shape index (κ1) is 12.8. The number of aldehydes is 1. The van der Waals surface area contributed by atoms with E-state index in [2.05, 4.69) is 15.9 Å². The van der Waals surface area contributed by atoms with Crippen LogP contribution in [0.15, 0.2) is 46.9 Å². The highest BCUT2D eigenvalue weighted by molar-refractivity contribution is 9.10. The van der Waals surface area contributed by atoms with Crippen molar-refractivity contribution >= 4 is 22.2 Å². The fourth-order valence-corrected chi connectivity index (χ4v) is 2.05. The number of ether oxygens (including phenoxy) is 1. The Morgan fingerprint density at radius 1 is 1.22 bits per heavy atom. The molecule has 0 saturated carbocycles. The molecule has 0 fully saturated rings. The Morgan fingerprint density at radius 3 is 2.72 bits per heavy atom. The lowest BCUT2D eigenvalue weighted by Crippen LogP contribution is -1.99. The summed E-state index contributed by atoms with van der Waals surface area (Å²) >= 11 is 3.32. The molecule has 0 aromatic heterocycles. The van der Waals surface area contributed by atoms with Gasteiger partial charge in [-0.1, -0.05) is 18.2 Å². The summed E-state index contributed by atoms with van der Waals surface area (Å²) in [4.78, 5) is 10.9. The van der Waals surface area contributed by atoms with Gasteiger partial charge in [-0.3, -0.25) is 4.79 Å². The molecule has 0 aliphatic rings. The molecule has 0 N–H and O–H groups in total. The lowest BCUT2D eigenvalue weighted by atomic mass is 10.2. The predicted molar refractivity (Wildman–Crippen MR) is 70.3 cm³/mol. The first-order chi connectivity index (χ1) is 8.70. The van der Waals surface area contributed by atoms with Gasteiger partial charge in [0.2, 0.25) is 0 Å². The number of halogens is 2. The van der Waals surface area contributed by atoms with Crippen LogP contribution >= 0.6 is 15.9 Å². The van der Waals surface area contributed by atoms with E-state index in [9.17, 15) is 9.18 Å². The maximum atomic E-state index is 13.0. The minimum Gasteiger partial charge on any atom is -0.487 e. The fraction of sp³-hybridized carbons (Fsp3) is 0.0714. The van der Waals surface area contributed by atoms with Crippen molar-refractivity contribution in [3.05, 3.63) is 63.9 Å². The molecule has 2 rings (SSSR count). The third-order valence-corrected chi connectivity index (χ3v) is 3.02. The molecule has 0 unspecified atom stereocenters. The molecule has 2 aromatic rings. The summed E-state index contributed by atoms with van der Waals surface area (Å²) in [6, 6.07) is 11.4. The van der Waals surface area contributed by atoms with Gasteiger partial charge in [-0.2, -0.15) is 0 Å². The van der Waals surface area contributed by atoms with Crippen LogP contribution in [0.2, 0.25) is 0 Å². The summed E-state index contributed by atoms with van der Waals surface area (Å²) in [7, 11) is 0. The molecule has 18 heavy (non-hydrogen) atoms. The molecule has 0 spiro atoms. The van der Waals surface area contributed by atoms with Crippen molar-refractivity contribution in [1.29, 1.82) is 0 Å². The Morgan fingerprint density at radius 2 is 2.00 bits per heavy atom. The number of hydrogen-bond donors (Lipinski definition) is 0. The highest BCUT2D eigenvalue weighted by atomic mass is 79.9. The molecule has 0 atom stereocenters. The first-order valence-electron chi connectivity index (χ1n) is 5.31. The second kappa shape index (κ2) is 5.78. The number of carbonyl (C=O) groups excluding carboxylic acids is 1. The average molecular weight is 309 g/mol. The van der Waals surface area contributed by atoms with Crippen molar-refractivity contribution in [2.45, 2.75) is 6.61 Å². The van der Waals surface area contributed by atoms with Crippen molar-refractivity contribution in [2.75, 3.05) is 0 Å². The molecule has 0 heterocycles. The van der Waals surface area contributed by atoms with Gasteiger partial charge in [0, 0.05) is 0 Å². The molecule has 0 aliphatic carbocycles. The number of carbonyl (C=O) groups is 1. The topological polar surface area (TPSA) is 26.3 Å². The number of para-hydroxylation sites is 1. The van der Waals surface area contributed by atoms with Crippen molar-refractivity contribution in [2.24, 2.45) is 0 Å². The second-order valence-electron chi connectivity index (χ2n) is 3.69. The zero-order chi connectivity index (χ0) is 13.0. The minimum atomic E-state index is -0.307. The van der Waals surface area contributed by atoms with Crippen molar-refractivity contribution in [1.82, 2.24) is 0 Å². The third kappa shape index (κ3) is 2.96. The van der Waals surface area contributed by atoms with E-state index >= 15 is 0 Å². The molecule has 0 radical (unpaired) electrons. The van der Waals surface area contributed by atoms with E-state index in [0.717, 1.165) is 6.29 Å². The molecule has 92 valence electrons.